The summed E-state index contributed by atoms with van der Waals surface area (Å²) in [5.41, 5.74) is 1.72. The molecule has 0 unspecified atom stereocenters. The lowest BCUT2D eigenvalue weighted by atomic mass is 10.1. The Balaban J connectivity index is 1.46. The fourth-order valence-electron chi connectivity index (χ4n) is 3.37. The molecule has 0 atom stereocenters. The van der Waals surface area contributed by atoms with Gasteiger partial charge in [0.05, 0.1) is 17.0 Å². The van der Waals surface area contributed by atoms with Crippen LogP contribution in [0, 0.1) is 5.82 Å². The van der Waals surface area contributed by atoms with Crippen molar-refractivity contribution in [3.05, 3.63) is 92.0 Å². The normalized spacial score (nSPS) is 14.3. The number of thioether (sulfide) groups is 1. The molecule has 1 heterocycles. The molecule has 3 aromatic rings. The van der Waals surface area contributed by atoms with Crippen LogP contribution in [-0.2, 0) is 16.2 Å². The zero-order valence-corrected chi connectivity index (χ0v) is 22.5. The Morgan fingerprint density at radius 1 is 1.11 bits per heavy atom. The van der Waals surface area contributed by atoms with E-state index in [4.69, 9.17) is 21.1 Å². The highest BCUT2D eigenvalue weighted by Crippen LogP contribution is 2.35. The molecule has 190 valence electrons. The molecular formula is C26H19BrClFN2O5S. The van der Waals surface area contributed by atoms with Crippen LogP contribution in [0.2, 0.25) is 5.02 Å². The van der Waals surface area contributed by atoms with E-state index in [0.29, 0.717) is 27.8 Å². The fraction of sp³-hybridized carbons (Fsp3) is 0.115. The number of benzene rings is 3. The summed E-state index contributed by atoms with van der Waals surface area (Å²) in [5.74, 6) is -0.582. The van der Waals surface area contributed by atoms with Crippen molar-refractivity contribution >= 4 is 68.1 Å². The van der Waals surface area contributed by atoms with Crippen LogP contribution in [0.1, 0.15) is 11.1 Å². The molecule has 1 aliphatic heterocycles. The summed E-state index contributed by atoms with van der Waals surface area (Å²) >= 11 is 10.2. The number of imide groups is 1. The van der Waals surface area contributed by atoms with E-state index in [1.54, 1.807) is 42.5 Å². The number of nitrogens with one attached hydrogen (secondary N) is 1. The minimum Gasteiger partial charge on any atom is -0.495 e. The average Bonchev–Trinajstić information content (AvgIpc) is 3.12. The maximum absolute atomic E-state index is 13.2. The maximum Gasteiger partial charge on any atom is 0.294 e. The van der Waals surface area contributed by atoms with Crippen molar-refractivity contribution in [2.24, 2.45) is 0 Å². The molecule has 1 N–H and O–H groups in total. The second-order valence-electron chi connectivity index (χ2n) is 7.76. The van der Waals surface area contributed by atoms with Crippen molar-refractivity contribution in [1.82, 2.24) is 4.90 Å². The van der Waals surface area contributed by atoms with Crippen molar-refractivity contribution in [2.75, 3.05) is 19.0 Å². The predicted molar refractivity (Wildman–Crippen MR) is 144 cm³/mol. The van der Waals surface area contributed by atoms with Crippen molar-refractivity contribution in [1.29, 1.82) is 0 Å². The molecule has 0 aliphatic carbocycles. The van der Waals surface area contributed by atoms with Gasteiger partial charge < -0.3 is 14.8 Å². The van der Waals surface area contributed by atoms with Crippen LogP contribution in [0.3, 0.4) is 0 Å². The van der Waals surface area contributed by atoms with E-state index in [2.05, 4.69) is 21.2 Å². The Morgan fingerprint density at radius 3 is 2.54 bits per heavy atom. The minimum atomic E-state index is -0.595. The SMILES string of the molecule is COc1ccc(NC(=O)CN2C(=O)S/C(=C\c3cc(Br)ccc3OCc3ccc(F)cc3)C2=O)cc1Cl. The van der Waals surface area contributed by atoms with E-state index < -0.39 is 23.6 Å². The smallest absolute Gasteiger partial charge is 0.294 e. The minimum absolute atomic E-state index is 0.148. The van der Waals surface area contributed by atoms with E-state index >= 15 is 0 Å². The largest absolute Gasteiger partial charge is 0.495 e. The highest BCUT2D eigenvalue weighted by atomic mass is 79.9. The number of methoxy groups -OCH3 is 1. The molecule has 0 spiro atoms. The molecule has 1 aliphatic rings. The average molecular weight is 606 g/mol. The summed E-state index contributed by atoms with van der Waals surface area (Å²) in [4.78, 5) is 39.0. The van der Waals surface area contributed by atoms with Gasteiger partial charge in [-0.1, -0.05) is 39.7 Å². The first-order valence-electron chi connectivity index (χ1n) is 10.8. The van der Waals surface area contributed by atoms with Crippen LogP contribution in [0.15, 0.2) is 70.0 Å². The molecule has 3 aromatic carbocycles. The summed E-state index contributed by atoms with van der Waals surface area (Å²) in [6, 6.07) is 15.9. The van der Waals surface area contributed by atoms with Gasteiger partial charge in [0.25, 0.3) is 11.1 Å². The number of carbonyl (C=O) groups excluding carboxylic acids is 3. The molecule has 7 nitrogen and oxygen atoms in total. The van der Waals surface area contributed by atoms with Crippen LogP contribution < -0.4 is 14.8 Å². The number of hydrogen-bond acceptors (Lipinski definition) is 6. The fourth-order valence-corrected chi connectivity index (χ4v) is 4.84. The Labute approximate surface area is 229 Å². The number of amides is 3. The zero-order valence-electron chi connectivity index (χ0n) is 19.3. The number of carbonyl (C=O) groups is 3. The number of anilines is 1. The van der Waals surface area contributed by atoms with Gasteiger partial charge in [-0.15, -0.1) is 0 Å². The second-order valence-corrected chi connectivity index (χ2v) is 10.1. The quantitative estimate of drug-likeness (QED) is 0.295. The van der Waals surface area contributed by atoms with Crippen LogP contribution in [0.5, 0.6) is 11.5 Å². The van der Waals surface area contributed by atoms with Crippen LogP contribution in [0.4, 0.5) is 14.9 Å². The van der Waals surface area contributed by atoms with Gasteiger partial charge in [0, 0.05) is 15.7 Å². The number of rotatable bonds is 8. The summed E-state index contributed by atoms with van der Waals surface area (Å²) in [6.07, 6.45) is 1.54. The molecule has 0 aromatic heterocycles. The first kappa shape index (κ1) is 26.7. The van der Waals surface area contributed by atoms with Gasteiger partial charge in [-0.25, -0.2) is 4.39 Å². The summed E-state index contributed by atoms with van der Waals surface area (Å²) in [5, 5.41) is 2.36. The Hall–Kier alpha value is -3.34. The molecule has 1 fully saturated rings. The first-order chi connectivity index (χ1) is 17.7. The molecule has 3 amide bonds. The summed E-state index contributed by atoms with van der Waals surface area (Å²) in [6.45, 7) is -0.280. The van der Waals surface area contributed by atoms with Crippen molar-refractivity contribution in [3.63, 3.8) is 0 Å². The van der Waals surface area contributed by atoms with Crippen LogP contribution in [0.25, 0.3) is 6.08 Å². The number of nitrogens with zero attached hydrogens (tertiary/aromatic N) is 1. The van der Waals surface area contributed by atoms with Gasteiger partial charge in [-0.3, -0.25) is 19.3 Å². The molecule has 0 bridgehead atoms. The number of hydrogen-bond donors (Lipinski definition) is 1. The van der Waals surface area contributed by atoms with Crippen molar-refractivity contribution < 1.29 is 28.2 Å². The lowest BCUT2D eigenvalue weighted by molar-refractivity contribution is -0.127. The summed E-state index contributed by atoms with van der Waals surface area (Å²) < 4.78 is 24.9. The molecule has 37 heavy (non-hydrogen) atoms. The third-order valence-corrected chi connectivity index (χ3v) is 6.87. The molecule has 1 saturated heterocycles. The monoisotopic (exact) mass is 604 g/mol. The summed E-state index contributed by atoms with van der Waals surface area (Å²) in [7, 11) is 1.47. The molecular weight excluding hydrogens is 587 g/mol. The van der Waals surface area contributed by atoms with Gasteiger partial charge in [-0.2, -0.15) is 0 Å². The Bertz CT molecular complexity index is 1400. The number of ether oxygens (including phenoxy) is 2. The standard InChI is InChI=1S/C26H19BrClFN2O5S/c1-35-22-9-7-19(12-20(22)28)30-24(32)13-31-25(33)23(37-26(31)34)11-16-10-17(27)4-8-21(16)36-14-15-2-5-18(29)6-3-15/h2-12H,13-14H2,1H3,(H,30,32)/b23-11-. The second kappa shape index (κ2) is 11.8. The molecule has 0 saturated carbocycles. The third-order valence-electron chi connectivity index (χ3n) is 5.18. The maximum atomic E-state index is 13.2. The number of halogens is 3. The molecule has 11 heteroatoms. The van der Waals surface area contributed by atoms with E-state index in [9.17, 15) is 18.8 Å². The van der Waals surface area contributed by atoms with Crippen molar-refractivity contribution in [2.45, 2.75) is 6.61 Å². The van der Waals surface area contributed by atoms with Gasteiger partial charge in [0.15, 0.2) is 0 Å². The van der Waals surface area contributed by atoms with E-state index in [-0.39, 0.29) is 17.3 Å². The molecule has 0 radical (unpaired) electrons. The highest BCUT2D eigenvalue weighted by molar-refractivity contribution is 9.10. The topological polar surface area (TPSA) is 84.9 Å². The van der Waals surface area contributed by atoms with Gasteiger partial charge in [0.1, 0.15) is 30.5 Å². The zero-order chi connectivity index (χ0) is 26.5. The van der Waals surface area contributed by atoms with E-state index in [1.165, 1.54) is 31.4 Å². The highest BCUT2D eigenvalue weighted by Gasteiger charge is 2.36. The van der Waals surface area contributed by atoms with Crippen molar-refractivity contribution in [3.8, 4) is 11.5 Å². The van der Waals surface area contributed by atoms with Crippen LogP contribution in [-0.4, -0.2) is 35.6 Å². The first-order valence-corrected chi connectivity index (χ1v) is 12.8. The predicted octanol–water partition coefficient (Wildman–Crippen LogP) is 6.50. The third kappa shape index (κ3) is 6.71. The van der Waals surface area contributed by atoms with Crippen LogP contribution >= 0.6 is 39.3 Å². The van der Waals surface area contributed by atoms with E-state index in [0.717, 1.165) is 26.7 Å². The molecule has 4 rings (SSSR count). The van der Waals surface area contributed by atoms with Gasteiger partial charge >= 0.3 is 0 Å². The van der Waals surface area contributed by atoms with Gasteiger partial charge in [-0.05, 0) is 71.9 Å². The lowest BCUT2D eigenvalue weighted by Gasteiger charge is -2.13. The van der Waals surface area contributed by atoms with Gasteiger partial charge in [0.2, 0.25) is 5.91 Å². The Kier molecular flexibility index (Phi) is 8.52. The lowest BCUT2D eigenvalue weighted by Crippen LogP contribution is -2.36. The Morgan fingerprint density at radius 2 is 1.84 bits per heavy atom. The van der Waals surface area contributed by atoms with E-state index in [1.807, 2.05) is 0 Å².